The van der Waals surface area contributed by atoms with Gasteiger partial charge in [-0.3, -0.25) is 9.52 Å². The summed E-state index contributed by atoms with van der Waals surface area (Å²) >= 11 is 0. The Bertz CT molecular complexity index is 798. The van der Waals surface area contributed by atoms with Crippen LogP contribution in [-0.4, -0.2) is 14.2 Å². The van der Waals surface area contributed by atoms with Crippen LogP contribution >= 0.6 is 0 Å². The molecule has 0 atom stereocenters. The van der Waals surface area contributed by atoms with Crippen molar-refractivity contribution in [1.82, 2.24) is 0 Å². The van der Waals surface area contributed by atoms with Gasteiger partial charge in [-0.25, -0.2) is 8.42 Å². The van der Waals surface area contributed by atoms with Gasteiger partial charge in [-0.1, -0.05) is 18.2 Å². The van der Waals surface area contributed by atoms with E-state index in [1.165, 1.54) is 25.1 Å². The Morgan fingerprint density at radius 1 is 1.14 bits per heavy atom. The van der Waals surface area contributed by atoms with Gasteiger partial charge < -0.3 is 5.73 Å². The molecule has 2 rings (SSSR count). The molecule has 0 aromatic heterocycles. The van der Waals surface area contributed by atoms with E-state index in [0.29, 0.717) is 16.9 Å². The maximum Gasteiger partial charge on any atom is 0.261 e. The number of nitrogens with one attached hydrogen (secondary N) is 1. The number of sulfonamides is 1. The minimum Gasteiger partial charge on any atom is -0.398 e. The number of Topliss-reactive ketones (excluding diaryl/α,β-unsaturated/α-hetero) is 1. The Morgan fingerprint density at radius 3 is 2.48 bits per heavy atom. The highest BCUT2D eigenvalue weighted by Gasteiger charge is 2.15. The lowest BCUT2D eigenvalue weighted by molar-refractivity contribution is 0.101. The molecule has 0 fully saturated rings. The fourth-order valence-corrected chi connectivity index (χ4v) is 2.90. The number of hydrogen-bond donors (Lipinski definition) is 2. The molecule has 2 aromatic carbocycles. The van der Waals surface area contributed by atoms with Gasteiger partial charge >= 0.3 is 0 Å². The quantitative estimate of drug-likeness (QED) is 0.671. The maximum absolute atomic E-state index is 12.3. The van der Waals surface area contributed by atoms with Crippen LogP contribution in [0.2, 0.25) is 0 Å². The summed E-state index contributed by atoms with van der Waals surface area (Å²) in [6.45, 7) is 3.23. The fourth-order valence-electron chi connectivity index (χ4n) is 1.80. The van der Waals surface area contributed by atoms with Gasteiger partial charge in [-0.2, -0.15) is 0 Å². The second-order valence-electron chi connectivity index (χ2n) is 4.76. The zero-order valence-electron chi connectivity index (χ0n) is 11.8. The smallest absolute Gasteiger partial charge is 0.261 e. The molecule has 0 spiro atoms. The van der Waals surface area contributed by atoms with E-state index in [9.17, 15) is 13.2 Å². The highest BCUT2D eigenvalue weighted by atomic mass is 32.2. The van der Waals surface area contributed by atoms with Crippen LogP contribution in [0.4, 0.5) is 11.4 Å². The van der Waals surface area contributed by atoms with E-state index in [2.05, 4.69) is 4.72 Å². The molecule has 3 N–H and O–H groups in total. The number of aryl methyl sites for hydroxylation is 1. The average Bonchev–Trinajstić information content (AvgIpc) is 2.43. The number of hydrogen-bond acceptors (Lipinski definition) is 4. The first-order valence-corrected chi connectivity index (χ1v) is 7.78. The molecule has 0 unspecified atom stereocenters. The van der Waals surface area contributed by atoms with Crippen LogP contribution in [0.15, 0.2) is 47.4 Å². The van der Waals surface area contributed by atoms with E-state index in [0.717, 1.165) is 5.56 Å². The van der Waals surface area contributed by atoms with E-state index in [-0.39, 0.29) is 10.7 Å². The number of ketones is 1. The first kappa shape index (κ1) is 15.1. The molecule has 6 heteroatoms. The third kappa shape index (κ3) is 3.41. The molecule has 0 radical (unpaired) electrons. The third-order valence-electron chi connectivity index (χ3n) is 3.08. The summed E-state index contributed by atoms with van der Waals surface area (Å²) in [6, 6.07) is 10.8. The standard InChI is InChI=1S/C15H16N2O3S/c1-10-6-7-13(9-15(10)16)17-21(19,20)14-5-3-4-12(8-14)11(2)18/h3-9,17H,16H2,1-2H3. The van der Waals surface area contributed by atoms with Crippen LogP contribution in [0.3, 0.4) is 0 Å². The van der Waals surface area contributed by atoms with Gasteiger partial charge in [0.15, 0.2) is 5.78 Å². The lowest BCUT2D eigenvalue weighted by Gasteiger charge is -2.10. The van der Waals surface area contributed by atoms with Gasteiger partial charge in [-0.05, 0) is 43.7 Å². The summed E-state index contributed by atoms with van der Waals surface area (Å²) in [5.74, 6) is -0.188. The molecule has 21 heavy (non-hydrogen) atoms. The van der Waals surface area contributed by atoms with Crippen LogP contribution in [0.5, 0.6) is 0 Å². The van der Waals surface area contributed by atoms with Gasteiger partial charge in [0.25, 0.3) is 10.0 Å². The predicted molar refractivity (Wildman–Crippen MR) is 82.8 cm³/mol. The zero-order chi connectivity index (χ0) is 15.6. The van der Waals surface area contributed by atoms with Gasteiger partial charge in [0.05, 0.1) is 10.6 Å². The molecule has 0 aliphatic rings. The van der Waals surface area contributed by atoms with E-state index in [4.69, 9.17) is 5.73 Å². The minimum atomic E-state index is -3.76. The van der Waals surface area contributed by atoms with Crippen molar-refractivity contribution in [2.75, 3.05) is 10.5 Å². The van der Waals surface area contributed by atoms with Crippen molar-refractivity contribution < 1.29 is 13.2 Å². The van der Waals surface area contributed by atoms with Crippen molar-refractivity contribution in [3.8, 4) is 0 Å². The second-order valence-corrected chi connectivity index (χ2v) is 6.44. The Labute approximate surface area is 123 Å². The molecule has 5 nitrogen and oxygen atoms in total. The molecular weight excluding hydrogens is 288 g/mol. The van der Waals surface area contributed by atoms with Crippen molar-refractivity contribution in [3.63, 3.8) is 0 Å². The Kier molecular flexibility index (Phi) is 3.99. The Hall–Kier alpha value is -2.34. The molecule has 0 aliphatic carbocycles. The average molecular weight is 304 g/mol. The molecule has 2 aromatic rings. The third-order valence-corrected chi connectivity index (χ3v) is 4.46. The summed E-state index contributed by atoms with van der Waals surface area (Å²) in [7, 11) is -3.76. The Balaban J connectivity index is 2.36. The maximum atomic E-state index is 12.3. The normalized spacial score (nSPS) is 11.1. The van der Waals surface area contributed by atoms with Gasteiger partial charge in [0.1, 0.15) is 0 Å². The predicted octanol–water partition coefficient (Wildman–Crippen LogP) is 2.58. The summed E-state index contributed by atoms with van der Waals surface area (Å²) in [5, 5.41) is 0. The Morgan fingerprint density at radius 2 is 1.86 bits per heavy atom. The number of benzene rings is 2. The lowest BCUT2D eigenvalue weighted by atomic mass is 10.2. The first-order valence-electron chi connectivity index (χ1n) is 6.29. The molecule has 0 saturated carbocycles. The van der Waals surface area contributed by atoms with Crippen LogP contribution in [0.25, 0.3) is 0 Å². The number of carbonyl (C=O) groups excluding carboxylic acids is 1. The molecule has 0 saturated heterocycles. The molecule has 0 amide bonds. The molecule has 0 bridgehead atoms. The number of anilines is 2. The van der Waals surface area contributed by atoms with Crippen LogP contribution in [0, 0.1) is 6.92 Å². The van der Waals surface area contributed by atoms with E-state index >= 15 is 0 Å². The van der Waals surface area contributed by atoms with Crippen molar-refractivity contribution in [2.45, 2.75) is 18.7 Å². The van der Waals surface area contributed by atoms with Crippen LogP contribution in [-0.2, 0) is 10.0 Å². The van der Waals surface area contributed by atoms with Gasteiger partial charge in [0, 0.05) is 11.3 Å². The van der Waals surface area contributed by atoms with Crippen molar-refractivity contribution in [1.29, 1.82) is 0 Å². The van der Waals surface area contributed by atoms with Gasteiger partial charge in [0.2, 0.25) is 0 Å². The van der Waals surface area contributed by atoms with E-state index < -0.39 is 10.0 Å². The zero-order valence-corrected chi connectivity index (χ0v) is 12.6. The van der Waals surface area contributed by atoms with Crippen molar-refractivity contribution >= 4 is 27.2 Å². The number of carbonyl (C=O) groups is 1. The molecule has 0 heterocycles. The second kappa shape index (κ2) is 5.57. The monoisotopic (exact) mass is 304 g/mol. The summed E-state index contributed by atoms with van der Waals surface area (Å²) in [5.41, 5.74) is 7.87. The number of nitrogen functional groups attached to an aromatic ring is 1. The van der Waals surface area contributed by atoms with Crippen molar-refractivity contribution in [2.24, 2.45) is 0 Å². The molecule has 0 aliphatic heterocycles. The number of nitrogens with two attached hydrogens (primary N) is 1. The largest absolute Gasteiger partial charge is 0.398 e. The van der Waals surface area contributed by atoms with Crippen molar-refractivity contribution in [3.05, 3.63) is 53.6 Å². The number of rotatable bonds is 4. The SMILES string of the molecule is CC(=O)c1cccc(S(=O)(=O)Nc2ccc(C)c(N)c2)c1. The summed E-state index contributed by atoms with van der Waals surface area (Å²) < 4.78 is 27.1. The fraction of sp³-hybridized carbons (Fsp3) is 0.133. The first-order chi connectivity index (χ1) is 9.79. The molecule has 110 valence electrons. The van der Waals surface area contributed by atoms with Gasteiger partial charge in [-0.15, -0.1) is 0 Å². The highest BCUT2D eigenvalue weighted by Crippen LogP contribution is 2.21. The summed E-state index contributed by atoms with van der Waals surface area (Å²) in [4.78, 5) is 11.4. The minimum absolute atomic E-state index is 0.0364. The topological polar surface area (TPSA) is 89.3 Å². The van der Waals surface area contributed by atoms with E-state index in [1.54, 1.807) is 24.3 Å². The van der Waals surface area contributed by atoms with Crippen LogP contribution in [0.1, 0.15) is 22.8 Å². The lowest BCUT2D eigenvalue weighted by Crippen LogP contribution is -2.13. The van der Waals surface area contributed by atoms with E-state index in [1.807, 2.05) is 6.92 Å². The highest BCUT2D eigenvalue weighted by molar-refractivity contribution is 7.92. The summed E-state index contributed by atoms with van der Waals surface area (Å²) in [6.07, 6.45) is 0. The van der Waals surface area contributed by atoms with Crippen LogP contribution < -0.4 is 10.5 Å². The molecular formula is C15H16N2O3S.